The van der Waals surface area contributed by atoms with Crippen molar-refractivity contribution in [3.63, 3.8) is 0 Å². The van der Waals surface area contributed by atoms with Crippen LogP contribution in [-0.2, 0) is 9.53 Å². The molecule has 0 aromatic heterocycles. The van der Waals surface area contributed by atoms with Crippen molar-refractivity contribution in [1.29, 1.82) is 0 Å². The number of carbonyl (C=O) groups excluding carboxylic acids is 1. The lowest BCUT2D eigenvalue weighted by Gasteiger charge is -2.21. The average Bonchev–Trinajstić information content (AvgIpc) is 2.24. The number of benzene rings is 1. The van der Waals surface area contributed by atoms with E-state index >= 15 is 0 Å². The Morgan fingerprint density at radius 3 is 2.41 bits per heavy atom. The largest absolute Gasteiger partial charge is 0.467 e. The van der Waals surface area contributed by atoms with Crippen LogP contribution in [0.3, 0.4) is 0 Å². The van der Waals surface area contributed by atoms with Gasteiger partial charge < -0.3 is 15.2 Å². The Hall–Kier alpha value is -0.970. The summed E-state index contributed by atoms with van der Waals surface area (Å²) in [5.74, 6) is -0.710. The second-order valence-electron chi connectivity index (χ2n) is 3.78. The first-order chi connectivity index (χ1) is 7.85. The third-order valence-corrected chi connectivity index (χ3v) is 2.56. The minimum Gasteiger partial charge on any atom is -0.467 e. The van der Waals surface area contributed by atoms with Gasteiger partial charge in [0.05, 0.1) is 13.7 Å². The lowest BCUT2D eigenvalue weighted by molar-refractivity contribution is -0.158. The molecule has 0 radical (unpaired) electrons. The van der Waals surface area contributed by atoms with Crippen molar-refractivity contribution in [2.75, 3.05) is 19.0 Å². The van der Waals surface area contributed by atoms with E-state index in [1.54, 1.807) is 18.2 Å². The van der Waals surface area contributed by atoms with Crippen LogP contribution in [-0.4, -0.2) is 30.3 Å². The molecule has 6 heteroatoms. The molecule has 1 aromatic carbocycles. The molecule has 17 heavy (non-hydrogen) atoms. The lowest BCUT2D eigenvalue weighted by atomic mass is 10.1. The Morgan fingerprint density at radius 1 is 1.41 bits per heavy atom. The average molecular weight is 278 g/mol. The molecule has 0 fully saturated rings. The van der Waals surface area contributed by atoms with E-state index in [0.717, 1.165) is 0 Å². The Labute approximate surface area is 109 Å². The molecule has 1 atom stereocenters. The van der Waals surface area contributed by atoms with Gasteiger partial charge in [0, 0.05) is 15.7 Å². The van der Waals surface area contributed by atoms with E-state index in [9.17, 15) is 9.90 Å². The van der Waals surface area contributed by atoms with Gasteiger partial charge in [-0.2, -0.15) is 0 Å². The second-order valence-corrected chi connectivity index (χ2v) is 4.65. The number of hydrogen-bond donors (Lipinski definition) is 2. The first-order valence-corrected chi connectivity index (χ1v) is 5.61. The van der Waals surface area contributed by atoms with Crippen molar-refractivity contribution >= 4 is 34.9 Å². The first-order valence-electron chi connectivity index (χ1n) is 4.86. The van der Waals surface area contributed by atoms with Gasteiger partial charge in [0.25, 0.3) is 0 Å². The minimum atomic E-state index is -1.61. The Kier molecular flexibility index (Phi) is 4.62. The molecule has 0 saturated carbocycles. The van der Waals surface area contributed by atoms with Crippen molar-refractivity contribution in [1.82, 2.24) is 0 Å². The number of methoxy groups -OCH3 is 1. The van der Waals surface area contributed by atoms with E-state index in [2.05, 4.69) is 10.1 Å². The van der Waals surface area contributed by atoms with Gasteiger partial charge >= 0.3 is 5.97 Å². The van der Waals surface area contributed by atoms with Gasteiger partial charge in [0.1, 0.15) is 0 Å². The topological polar surface area (TPSA) is 58.6 Å². The SMILES string of the molecule is COC(=O)C(C)(O)CNc1cc(Cl)cc(Cl)c1. The Bertz CT molecular complexity index is 401. The molecule has 1 rings (SSSR count). The first kappa shape index (κ1) is 14.1. The number of esters is 1. The maximum absolute atomic E-state index is 11.2. The summed E-state index contributed by atoms with van der Waals surface area (Å²) in [7, 11) is 1.22. The Balaban J connectivity index is 2.70. The van der Waals surface area contributed by atoms with Crippen LogP contribution in [0.15, 0.2) is 18.2 Å². The smallest absolute Gasteiger partial charge is 0.339 e. The van der Waals surface area contributed by atoms with Crippen molar-refractivity contribution in [2.24, 2.45) is 0 Å². The van der Waals surface area contributed by atoms with Crippen LogP contribution in [0.25, 0.3) is 0 Å². The molecular formula is C11H13Cl2NO3. The summed E-state index contributed by atoms with van der Waals surface area (Å²) in [4.78, 5) is 11.2. The monoisotopic (exact) mass is 277 g/mol. The van der Waals surface area contributed by atoms with E-state index in [-0.39, 0.29) is 6.54 Å². The number of rotatable bonds is 4. The standard InChI is InChI=1S/C11H13Cl2NO3/c1-11(16,10(15)17-2)6-14-9-4-7(12)3-8(13)5-9/h3-5,14,16H,6H2,1-2H3. The highest BCUT2D eigenvalue weighted by Crippen LogP contribution is 2.22. The zero-order chi connectivity index (χ0) is 13.1. The highest BCUT2D eigenvalue weighted by molar-refractivity contribution is 6.35. The fraction of sp³-hybridized carbons (Fsp3) is 0.364. The zero-order valence-electron chi connectivity index (χ0n) is 9.46. The molecule has 0 aliphatic rings. The van der Waals surface area contributed by atoms with Gasteiger partial charge in [-0.05, 0) is 25.1 Å². The molecule has 0 saturated heterocycles. The molecule has 0 spiro atoms. The third kappa shape index (κ3) is 4.07. The molecule has 0 amide bonds. The quantitative estimate of drug-likeness (QED) is 0.830. The van der Waals surface area contributed by atoms with Gasteiger partial charge in [-0.3, -0.25) is 0 Å². The van der Waals surface area contributed by atoms with Crippen LogP contribution in [0.4, 0.5) is 5.69 Å². The molecule has 0 bridgehead atoms. The highest BCUT2D eigenvalue weighted by atomic mass is 35.5. The summed E-state index contributed by atoms with van der Waals surface area (Å²) in [6, 6.07) is 4.87. The van der Waals surface area contributed by atoms with Gasteiger partial charge in [0.2, 0.25) is 0 Å². The molecule has 0 aliphatic carbocycles. The minimum absolute atomic E-state index is 0.00363. The van der Waals surface area contributed by atoms with Crippen molar-refractivity contribution in [2.45, 2.75) is 12.5 Å². The summed E-state index contributed by atoms with van der Waals surface area (Å²) in [5.41, 5.74) is -0.990. The summed E-state index contributed by atoms with van der Waals surface area (Å²) in [6.45, 7) is 1.36. The lowest BCUT2D eigenvalue weighted by Crippen LogP contribution is -2.42. The van der Waals surface area contributed by atoms with Gasteiger partial charge in [-0.25, -0.2) is 4.79 Å². The molecule has 0 aliphatic heterocycles. The van der Waals surface area contributed by atoms with Crippen LogP contribution >= 0.6 is 23.2 Å². The van der Waals surface area contributed by atoms with Gasteiger partial charge in [0.15, 0.2) is 5.60 Å². The van der Waals surface area contributed by atoms with Crippen LogP contribution in [0.5, 0.6) is 0 Å². The summed E-state index contributed by atoms with van der Waals surface area (Å²) in [5, 5.41) is 13.6. The van der Waals surface area contributed by atoms with E-state index in [1.807, 2.05) is 0 Å². The van der Waals surface area contributed by atoms with Gasteiger partial charge in [-0.1, -0.05) is 23.2 Å². The molecule has 4 nitrogen and oxygen atoms in total. The molecule has 0 heterocycles. The zero-order valence-corrected chi connectivity index (χ0v) is 11.0. The van der Waals surface area contributed by atoms with E-state index in [1.165, 1.54) is 14.0 Å². The molecular weight excluding hydrogens is 265 g/mol. The summed E-state index contributed by atoms with van der Waals surface area (Å²) < 4.78 is 4.47. The van der Waals surface area contributed by atoms with E-state index in [4.69, 9.17) is 23.2 Å². The fourth-order valence-corrected chi connectivity index (χ4v) is 1.75. The Morgan fingerprint density at radius 2 is 1.94 bits per heavy atom. The highest BCUT2D eigenvalue weighted by Gasteiger charge is 2.31. The maximum atomic E-state index is 11.2. The normalized spacial score (nSPS) is 13.9. The number of anilines is 1. The third-order valence-electron chi connectivity index (χ3n) is 2.12. The fourth-order valence-electron chi connectivity index (χ4n) is 1.22. The maximum Gasteiger partial charge on any atom is 0.339 e. The number of nitrogens with one attached hydrogen (secondary N) is 1. The molecule has 1 unspecified atom stereocenters. The van der Waals surface area contributed by atoms with Gasteiger partial charge in [-0.15, -0.1) is 0 Å². The van der Waals surface area contributed by atoms with Crippen LogP contribution in [0.1, 0.15) is 6.92 Å². The van der Waals surface area contributed by atoms with Crippen molar-refractivity contribution < 1.29 is 14.6 Å². The number of ether oxygens (including phenoxy) is 1. The van der Waals surface area contributed by atoms with Crippen molar-refractivity contribution in [3.8, 4) is 0 Å². The van der Waals surface area contributed by atoms with E-state index in [0.29, 0.717) is 15.7 Å². The second kappa shape index (κ2) is 5.58. The predicted octanol–water partition coefficient (Wildman–Crippen LogP) is 2.33. The summed E-state index contributed by atoms with van der Waals surface area (Å²) >= 11 is 11.6. The number of carbonyl (C=O) groups is 1. The molecule has 2 N–H and O–H groups in total. The number of hydrogen-bond acceptors (Lipinski definition) is 4. The number of aliphatic hydroxyl groups is 1. The van der Waals surface area contributed by atoms with Crippen molar-refractivity contribution in [3.05, 3.63) is 28.2 Å². The van der Waals surface area contributed by atoms with Crippen LogP contribution < -0.4 is 5.32 Å². The van der Waals surface area contributed by atoms with Crippen LogP contribution in [0.2, 0.25) is 10.0 Å². The predicted molar refractivity (Wildman–Crippen MR) is 67.6 cm³/mol. The van der Waals surface area contributed by atoms with Crippen LogP contribution in [0, 0.1) is 0 Å². The summed E-state index contributed by atoms with van der Waals surface area (Å²) in [6.07, 6.45) is 0. The molecule has 1 aromatic rings. The molecule has 94 valence electrons. The number of halogens is 2. The van der Waals surface area contributed by atoms with E-state index < -0.39 is 11.6 Å².